The van der Waals surface area contributed by atoms with Crippen LogP contribution in [0, 0.1) is 5.92 Å². The number of H-pyrrole nitrogens is 1. The minimum atomic E-state index is -0.622. The van der Waals surface area contributed by atoms with Gasteiger partial charge in [0.05, 0.1) is 26.4 Å². The molecule has 2 N–H and O–H groups in total. The normalized spacial score (nSPS) is 19.2. The zero-order chi connectivity index (χ0) is 23.5. The fourth-order valence-corrected chi connectivity index (χ4v) is 4.38. The van der Waals surface area contributed by atoms with Crippen LogP contribution in [0.4, 0.5) is 0 Å². The summed E-state index contributed by atoms with van der Waals surface area (Å²) >= 11 is 0. The molecule has 0 spiro atoms. The van der Waals surface area contributed by atoms with Crippen molar-refractivity contribution >= 4 is 5.91 Å². The molecule has 33 heavy (non-hydrogen) atoms. The minimum absolute atomic E-state index is 0.0335. The van der Waals surface area contributed by atoms with E-state index < -0.39 is 12.0 Å². The van der Waals surface area contributed by atoms with Crippen molar-refractivity contribution in [3.05, 3.63) is 59.4 Å². The van der Waals surface area contributed by atoms with E-state index in [1.165, 1.54) is 7.11 Å². The fourth-order valence-electron chi connectivity index (χ4n) is 4.38. The molecule has 3 aromatic rings. The number of nitrogens with one attached hydrogen (secondary N) is 1. The topological polar surface area (TPSA) is 114 Å². The zero-order valence-corrected chi connectivity index (χ0v) is 19.3. The lowest BCUT2D eigenvalue weighted by molar-refractivity contribution is -0.135. The van der Waals surface area contributed by atoms with Crippen molar-refractivity contribution < 1.29 is 23.9 Å². The maximum absolute atomic E-state index is 13.6. The van der Waals surface area contributed by atoms with Gasteiger partial charge in [0.1, 0.15) is 17.5 Å². The van der Waals surface area contributed by atoms with E-state index in [2.05, 4.69) is 15.1 Å². The van der Waals surface area contributed by atoms with E-state index in [-0.39, 0.29) is 24.4 Å². The predicted molar refractivity (Wildman–Crippen MR) is 120 cm³/mol. The molecule has 2 aromatic heterocycles. The number of hydrogen-bond acceptors (Lipinski definition) is 7. The van der Waals surface area contributed by atoms with Crippen LogP contribution < -0.4 is 9.47 Å². The zero-order valence-electron chi connectivity index (χ0n) is 19.3. The third-order valence-electron chi connectivity index (χ3n) is 6.01. The first-order chi connectivity index (χ1) is 15.9. The largest absolute Gasteiger partial charge is 0.497 e. The molecule has 3 heterocycles. The monoisotopic (exact) mass is 454 g/mol. The van der Waals surface area contributed by atoms with E-state index in [1.54, 1.807) is 24.3 Å². The molecule has 1 aliphatic rings. The van der Waals surface area contributed by atoms with Gasteiger partial charge in [0.2, 0.25) is 5.91 Å². The molecule has 1 amide bonds. The first-order valence-corrected chi connectivity index (χ1v) is 11.1. The molecule has 1 aliphatic heterocycles. The second kappa shape index (κ2) is 9.66. The molecule has 0 aliphatic carbocycles. The number of hydrogen-bond donors (Lipinski definition) is 2. The summed E-state index contributed by atoms with van der Waals surface area (Å²) in [4.78, 5) is 23.2. The molecule has 0 bridgehead atoms. The maximum atomic E-state index is 13.6. The van der Waals surface area contributed by atoms with Crippen molar-refractivity contribution in [2.45, 2.75) is 44.8 Å². The summed E-state index contributed by atoms with van der Waals surface area (Å²) in [6, 6.07) is 9.15. The van der Waals surface area contributed by atoms with Crippen LogP contribution in [0.25, 0.3) is 0 Å². The Morgan fingerprint density at radius 2 is 2.12 bits per heavy atom. The number of aliphatic hydroxyl groups excluding tert-OH is 1. The fraction of sp³-hybridized carbons (Fsp3) is 0.458. The van der Waals surface area contributed by atoms with Gasteiger partial charge in [-0.1, -0.05) is 26.0 Å². The van der Waals surface area contributed by atoms with Crippen molar-refractivity contribution in [2.75, 3.05) is 20.8 Å². The molecule has 1 fully saturated rings. The number of imidazole rings is 1. The summed E-state index contributed by atoms with van der Waals surface area (Å²) in [5, 5.41) is 14.3. The Balaban J connectivity index is 1.55. The van der Waals surface area contributed by atoms with E-state index >= 15 is 0 Å². The van der Waals surface area contributed by atoms with Gasteiger partial charge in [0.15, 0.2) is 5.76 Å². The molecule has 0 saturated carbocycles. The highest BCUT2D eigenvalue weighted by Gasteiger charge is 2.42. The third kappa shape index (κ3) is 4.88. The highest BCUT2D eigenvalue weighted by molar-refractivity contribution is 5.84. The van der Waals surface area contributed by atoms with Crippen molar-refractivity contribution in [3.8, 4) is 11.6 Å². The molecule has 9 nitrogen and oxygen atoms in total. The molecule has 1 aromatic carbocycles. The van der Waals surface area contributed by atoms with Crippen molar-refractivity contribution in [1.82, 2.24) is 20.0 Å². The van der Waals surface area contributed by atoms with Gasteiger partial charge < -0.3 is 29.0 Å². The average Bonchev–Trinajstić information content (AvgIpc) is 3.53. The number of likely N-dealkylation sites (tertiary alicyclic amines) is 1. The van der Waals surface area contributed by atoms with E-state index in [0.717, 1.165) is 17.0 Å². The van der Waals surface area contributed by atoms with Gasteiger partial charge in [-0.05, 0) is 28.8 Å². The molecule has 176 valence electrons. The van der Waals surface area contributed by atoms with Gasteiger partial charge in [-0.25, -0.2) is 4.98 Å². The van der Waals surface area contributed by atoms with E-state index in [0.29, 0.717) is 30.3 Å². The molecule has 3 atom stereocenters. The third-order valence-corrected chi connectivity index (χ3v) is 6.01. The number of amides is 1. The molecule has 1 saturated heterocycles. The number of rotatable bonds is 8. The smallest absolute Gasteiger partial charge is 0.254 e. The Kier molecular flexibility index (Phi) is 6.69. The summed E-state index contributed by atoms with van der Waals surface area (Å²) in [5.74, 6) is 1.53. The Morgan fingerprint density at radius 3 is 2.82 bits per heavy atom. The number of benzene rings is 1. The first kappa shape index (κ1) is 22.8. The first-order valence-electron chi connectivity index (χ1n) is 11.1. The number of nitrogens with zero attached hydrogens (tertiary/aromatic N) is 3. The summed E-state index contributed by atoms with van der Waals surface area (Å²) in [6.45, 7) is 4.15. The highest BCUT2D eigenvalue weighted by Crippen LogP contribution is 2.37. The van der Waals surface area contributed by atoms with Crippen molar-refractivity contribution in [2.24, 2.45) is 5.92 Å². The van der Waals surface area contributed by atoms with Gasteiger partial charge in [-0.2, -0.15) is 0 Å². The Morgan fingerprint density at radius 1 is 1.30 bits per heavy atom. The summed E-state index contributed by atoms with van der Waals surface area (Å²) in [7, 11) is 3.14. The number of aromatic amines is 1. The van der Waals surface area contributed by atoms with Crippen LogP contribution in [-0.4, -0.2) is 57.9 Å². The van der Waals surface area contributed by atoms with E-state index in [1.807, 2.05) is 38.1 Å². The predicted octanol–water partition coefficient (Wildman–Crippen LogP) is 3.08. The van der Waals surface area contributed by atoms with Gasteiger partial charge in [-0.3, -0.25) is 4.79 Å². The Hall–Kier alpha value is -3.33. The van der Waals surface area contributed by atoms with Crippen molar-refractivity contribution in [1.29, 1.82) is 0 Å². The van der Waals surface area contributed by atoms with Crippen LogP contribution in [0.15, 0.2) is 41.1 Å². The highest BCUT2D eigenvalue weighted by atomic mass is 16.5. The lowest BCUT2D eigenvalue weighted by Gasteiger charge is -2.28. The summed E-state index contributed by atoms with van der Waals surface area (Å²) < 4.78 is 15.8. The lowest BCUT2D eigenvalue weighted by atomic mass is 9.91. The molecule has 9 heteroatoms. The molecule has 4 rings (SSSR count). The van der Waals surface area contributed by atoms with Crippen LogP contribution >= 0.6 is 0 Å². The number of carbonyl (C=O) groups is 1. The van der Waals surface area contributed by atoms with Crippen LogP contribution in [-0.2, 0) is 11.2 Å². The van der Waals surface area contributed by atoms with Crippen LogP contribution in [0.3, 0.4) is 0 Å². The van der Waals surface area contributed by atoms with E-state index in [9.17, 15) is 9.90 Å². The summed E-state index contributed by atoms with van der Waals surface area (Å²) in [6.07, 6.45) is 2.23. The number of methoxy groups -OCH3 is 2. The molecular formula is C24H30N4O5. The number of β-amino-alcohol motifs (C(OH)–C–C–N with tert-alkyl or cyclic N) is 1. The van der Waals surface area contributed by atoms with Crippen LogP contribution in [0.1, 0.15) is 55.1 Å². The van der Waals surface area contributed by atoms with Gasteiger partial charge in [0, 0.05) is 37.3 Å². The number of ether oxygens (including phenoxy) is 2. The van der Waals surface area contributed by atoms with Crippen LogP contribution in [0.5, 0.6) is 11.6 Å². The quantitative estimate of drug-likeness (QED) is 0.538. The Bertz CT molecular complexity index is 1090. The lowest BCUT2D eigenvalue weighted by Crippen LogP contribution is -2.37. The summed E-state index contributed by atoms with van der Waals surface area (Å²) in [5.41, 5.74) is 2.01. The van der Waals surface area contributed by atoms with Gasteiger partial charge >= 0.3 is 0 Å². The standard InChI is InChI=1S/C24H30N4O5/c1-14(2)22(20-11-21(32-4)27-33-20)24(30)28-13-17(29)10-19(28)23-25-12-16(26-23)8-15-6-5-7-18(9-15)31-3/h5-7,9,11-12,14,17,19,22,29H,8,10,13H2,1-4H3,(H,25,26)/t17-,19+,22?/m1/s1. The SMILES string of the molecule is COc1cccc(Cc2cnc([C@@H]3C[C@@H](O)CN3C(=O)C(c3cc(OC)no3)C(C)C)[nH]2)c1. The molecular weight excluding hydrogens is 424 g/mol. The minimum Gasteiger partial charge on any atom is -0.497 e. The second-order valence-electron chi connectivity index (χ2n) is 8.71. The van der Waals surface area contributed by atoms with Crippen LogP contribution in [0.2, 0.25) is 0 Å². The molecule has 1 unspecified atom stereocenters. The Labute approximate surface area is 192 Å². The number of carbonyl (C=O) groups excluding carboxylic acids is 1. The van der Waals surface area contributed by atoms with Gasteiger partial charge in [0.25, 0.3) is 5.88 Å². The number of aromatic nitrogens is 3. The average molecular weight is 455 g/mol. The maximum Gasteiger partial charge on any atom is 0.254 e. The second-order valence-corrected chi connectivity index (χ2v) is 8.71. The van der Waals surface area contributed by atoms with Gasteiger partial charge in [-0.15, -0.1) is 0 Å². The molecule has 0 radical (unpaired) electrons. The van der Waals surface area contributed by atoms with E-state index in [4.69, 9.17) is 14.0 Å². The number of aliphatic hydroxyl groups is 1. The van der Waals surface area contributed by atoms with Crippen molar-refractivity contribution in [3.63, 3.8) is 0 Å².